The maximum atomic E-state index is 6.82. The van der Waals surface area contributed by atoms with Crippen LogP contribution < -0.4 is 10.2 Å². The van der Waals surface area contributed by atoms with Crippen molar-refractivity contribution in [2.45, 2.75) is 6.04 Å². The number of fused-ring (bicyclic) bond motifs is 3. The molecule has 2 aromatic heterocycles. The highest BCUT2D eigenvalue weighted by atomic mass is 16.3. The predicted octanol–water partition coefficient (Wildman–Crippen LogP) is 12.6. The molecule has 1 atom stereocenters. The maximum absolute atomic E-state index is 6.82. The zero-order chi connectivity index (χ0) is 37.3. The third-order valence-corrected chi connectivity index (χ3v) is 10.2. The number of furan rings is 1. The minimum absolute atomic E-state index is 0.206. The summed E-state index contributed by atoms with van der Waals surface area (Å²) in [6, 6.07) is 60.8. The van der Waals surface area contributed by atoms with E-state index in [4.69, 9.17) is 19.4 Å². The molecule has 1 aliphatic rings. The Labute approximate surface area is 324 Å². The molecule has 0 radical (unpaired) electrons. The minimum Gasteiger partial charge on any atom is -0.455 e. The van der Waals surface area contributed by atoms with E-state index in [-0.39, 0.29) is 6.04 Å². The van der Waals surface area contributed by atoms with Gasteiger partial charge >= 0.3 is 0 Å². The number of allylic oxidation sites excluding steroid dienone is 2. The second-order valence-electron chi connectivity index (χ2n) is 13.7. The molecule has 0 bridgehead atoms. The van der Waals surface area contributed by atoms with Gasteiger partial charge < -0.3 is 14.6 Å². The standard InChI is InChI=1S/C50H35N5O/c1-4-14-34(15-5-1)36-23-27-39(28-24-36)55(40-29-25-37(26-30-40)35-16-6-2-7-17-35)44-32-31-42(47-46(44)41-20-10-11-22-45(41)56-47)49-52-48(38-18-8-3-9-19-38)53-50(54-49)43-21-12-13-33-51-43/h1-33,43,51H. The average molecular weight is 722 g/mol. The molecule has 56 heavy (non-hydrogen) atoms. The fraction of sp³-hybridized carbons (Fsp3) is 0.0200. The Bertz CT molecular complexity index is 2780. The van der Waals surface area contributed by atoms with Crippen LogP contribution in [-0.2, 0) is 0 Å². The van der Waals surface area contributed by atoms with E-state index in [0.29, 0.717) is 23.1 Å². The summed E-state index contributed by atoms with van der Waals surface area (Å²) in [5.74, 6) is 1.77. The van der Waals surface area contributed by atoms with E-state index in [1.54, 1.807) is 0 Å². The molecule has 1 N–H and O–H groups in total. The number of hydrogen-bond donors (Lipinski definition) is 1. The number of rotatable bonds is 8. The van der Waals surface area contributed by atoms with Crippen LogP contribution in [0.25, 0.3) is 67.0 Å². The smallest absolute Gasteiger partial charge is 0.167 e. The van der Waals surface area contributed by atoms with Crippen molar-refractivity contribution in [2.75, 3.05) is 4.90 Å². The van der Waals surface area contributed by atoms with Gasteiger partial charge in [-0.25, -0.2) is 15.0 Å². The van der Waals surface area contributed by atoms with Gasteiger partial charge in [0.05, 0.1) is 16.6 Å². The lowest BCUT2D eigenvalue weighted by Gasteiger charge is -2.27. The van der Waals surface area contributed by atoms with Gasteiger partial charge in [0, 0.05) is 22.3 Å². The zero-order valence-corrected chi connectivity index (χ0v) is 30.3. The minimum atomic E-state index is -0.206. The van der Waals surface area contributed by atoms with Crippen LogP contribution in [0.3, 0.4) is 0 Å². The highest BCUT2D eigenvalue weighted by Crippen LogP contribution is 2.46. The Kier molecular flexibility index (Phi) is 8.46. The molecule has 0 fully saturated rings. The Morgan fingerprint density at radius 1 is 0.482 bits per heavy atom. The number of hydrogen-bond acceptors (Lipinski definition) is 6. The summed E-state index contributed by atoms with van der Waals surface area (Å²) in [4.78, 5) is 17.5. The maximum Gasteiger partial charge on any atom is 0.167 e. The molecule has 0 saturated carbocycles. The first-order chi connectivity index (χ1) is 27.8. The van der Waals surface area contributed by atoms with E-state index in [0.717, 1.165) is 55.7 Å². The van der Waals surface area contributed by atoms with Gasteiger partial charge in [-0.15, -0.1) is 0 Å². The van der Waals surface area contributed by atoms with Crippen molar-refractivity contribution in [2.24, 2.45) is 0 Å². The molecule has 6 heteroatoms. The second kappa shape index (κ2) is 14.3. The fourth-order valence-corrected chi connectivity index (χ4v) is 7.44. The number of nitrogens with one attached hydrogen (secondary N) is 1. The fourth-order valence-electron chi connectivity index (χ4n) is 7.44. The summed E-state index contributed by atoms with van der Waals surface area (Å²) in [7, 11) is 0. The summed E-state index contributed by atoms with van der Waals surface area (Å²) in [5.41, 5.74) is 10.9. The summed E-state index contributed by atoms with van der Waals surface area (Å²) in [5, 5.41) is 5.37. The average Bonchev–Trinajstić information content (AvgIpc) is 3.68. The molecule has 0 saturated heterocycles. The summed E-state index contributed by atoms with van der Waals surface area (Å²) in [6.45, 7) is 0. The van der Waals surface area contributed by atoms with E-state index >= 15 is 0 Å². The normalized spacial score (nSPS) is 13.5. The van der Waals surface area contributed by atoms with E-state index < -0.39 is 0 Å². The number of benzene rings is 7. The molecular formula is C50H35N5O. The lowest BCUT2D eigenvalue weighted by Crippen LogP contribution is -2.19. The van der Waals surface area contributed by atoms with Gasteiger partial charge in [0.1, 0.15) is 17.2 Å². The largest absolute Gasteiger partial charge is 0.455 e. The van der Waals surface area contributed by atoms with Crippen molar-refractivity contribution in [3.63, 3.8) is 0 Å². The van der Waals surface area contributed by atoms with Crippen molar-refractivity contribution < 1.29 is 4.42 Å². The quantitative estimate of drug-likeness (QED) is 0.168. The van der Waals surface area contributed by atoms with Crippen LogP contribution in [0.4, 0.5) is 17.1 Å². The van der Waals surface area contributed by atoms with Gasteiger partial charge in [-0.3, -0.25) is 0 Å². The number of dihydropyridines is 1. The van der Waals surface area contributed by atoms with Crippen molar-refractivity contribution in [1.82, 2.24) is 20.3 Å². The number of nitrogens with zero attached hydrogens (tertiary/aromatic N) is 4. The van der Waals surface area contributed by atoms with Gasteiger partial charge in [0.2, 0.25) is 0 Å². The molecule has 9 aromatic rings. The van der Waals surface area contributed by atoms with Crippen LogP contribution in [0, 0.1) is 0 Å². The van der Waals surface area contributed by atoms with E-state index in [1.807, 2.05) is 72.9 Å². The van der Waals surface area contributed by atoms with Gasteiger partial charge in [-0.1, -0.05) is 146 Å². The van der Waals surface area contributed by atoms with Crippen LogP contribution in [0.5, 0.6) is 0 Å². The SMILES string of the molecule is C1=CNC(c2nc(-c3ccccc3)nc(-c3ccc(N(c4ccc(-c5ccccc5)cc4)c4ccc(-c5ccccc5)cc4)c4c3oc3ccccc34)n2)C=C1. The van der Waals surface area contributed by atoms with Gasteiger partial charge in [0.25, 0.3) is 0 Å². The highest BCUT2D eigenvalue weighted by Gasteiger charge is 2.25. The molecule has 0 amide bonds. The van der Waals surface area contributed by atoms with Crippen molar-refractivity contribution in [3.8, 4) is 45.0 Å². The third kappa shape index (κ3) is 6.19. The second-order valence-corrected chi connectivity index (χ2v) is 13.7. The van der Waals surface area contributed by atoms with Crippen LogP contribution in [0.2, 0.25) is 0 Å². The Balaban J connectivity index is 1.18. The number of aromatic nitrogens is 3. The van der Waals surface area contributed by atoms with E-state index in [2.05, 4.69) is 138 Å². The van der Waals surface area contributed by atoms with Crippen LogP contribution >= 0.6 is 0 Å². The zero-order valence-electron chi connectivity index (χ0n) is 30.3. The highest BCUT2D eigenvalue weighted by molar-refractivity contribution is 6.16. The topological polar surface area (TPSA) is 67.1 Å². The van der Waals surface area contributed by atoms with E-state index in [1.165, 1.54) is 11.1 Å². The molecule has 1 unspecified atom stereocenters. The lowest BCUT2D eigenvalue weighted by molar-refractivity contribution is 0.667. The van der Waals surface area contributed by atoms with Crippen LogP contribution in [0.1, 0.15) is 11.9 Å². The van der Waals surface area contributed by atoms with Gasteiger partial charge in [-0.05, 0) is 77.0 Å². The lowest BCUT2D eigenvalue weighted by atomic mass is 10.0. The monoisotopic (exact) mass is 721 g/mol. The van der Waals surface area contributed by atoms with Gasteiger partial charge in [0.15, 0.2) is 17.5 Å². The Morgan fingerprint density at radius 3 is 1.64 bits per heavy atom. The first kappa shape index (κ1) is 33.0. The molecule has 3 heterocycles. The van der Waals surface area contributed by atoms with Gasteiger partial charge in [-0.2, -0.15) is 0 Å². The third-order valence-electron chi connectivity index (χ3n) is 10.2. The summed E-state index contributed by atoms with van der Waals surface area (Å²) < 4.78 is 6.82. The molecule has 266 valence electrons. The Hall–Kier alpha value is -7.57. The first-order valence-electron chi connectivity index (χ1n) is 18.7. The molecule has 10 rings (SSSR count). The predicted molar refractivity (Wildman–Crippen MR) is 228 cm³/mol. The van der Waals surface area contributed by atoms with Crippen molar-refractivity contribution in [3.05, 3.63) is 206 Å². The van der Waals surface area contributed by atoms with Crippen LogP contribution in [-0.4, -0.2) is 15.0 Å². The van der Waals surface area contributed by atoms with E-state index in [9.17, 15) is 0 Å². The van der Waals surface area contributed by atoms with Crippen molar-refractivity contribution in [1.29, 1.82) is 0 Å². The first-order valence-corrected chi connectivity index (χ1v) is 18.7. The molecule has 6 nitrogen and oxygen atoms in total. The molecule has 1 aliphatic heterocycles. The number of anilines is 3. The van der Waals surface area contributed by atoms with Crippen LogP contribution in [0.15, 0.2) is 205 Å². The Morgan fingerprint density at radius 2 is 1.04 bits per heavy atom. The number of para-hydroxylation sites is 1. The molecule has 0 aliphatic carbocycles. The summed E-state index contributed by atoms with van der Waals surface area (Å²) in [6.07, 6.45) is 7.93. The molecule has 0 spiro atoms. The van der Waals surface area contributed by atoms with Crippen molar-refractivity contribution >= 4 is 39.0 Å². The molecular weight excluding hydrogens is 687 g/mol. The molecule has 7 aromatic carbocycles. The summed E-state index contributed by atoms with van der Waals surface area (Å²) >= 11 is 0.